The molecule has 0 bridgehead atoms. The van der Waals surface area contributed by atoms with Crippen molar-refractivity contribution in [2.45, 2.75) is 25.3 Å². The van der Waals surface area contributed by atoms with E-state index in [1.165, 1.54) is 37.9 Å². The van der Waals surface area contributed by atoms with Crippen molar-refractivity contribution in [3.05, 3.63) is 35.9 Å². The van der Waals surface area contributed by atoms with Gasteiger partial charge in [-0.3, -0.25) is 9.80 Å². The molecule has 1 aliphatic heterocycles. The molecular formula is C17H24N2. The third-order valence-corrected chi connectivity index (χ3v) is 3.51. The van der Waals surface area contributed by atoms with Crippen molar-refractivity contribution in [2.24, 2.45) is 0 Å². The van der Waals surface area contributed by atoms with Gasteiger partial charge in [0, 0.05) is 0 Å². The van der Waals surface area contributed by atoms with E-state index >= 15 is 0 Å². The van der Waals surface area contributed by atoms with Gasteiger partial charge in [0.15, 0.2) is 0 Å². The van der Waals surface area contributed by atoms with Crippen molar-refractivity contribution < 1.29 is 0 Å². The largest absolute Gasteiger partial charge is 0.299 e. The SMILES string of the molecule is CN(C)CC#CC(c1ccccc1)N1CCCCC1. The summed E-state index contributed by atoms with van der Waals surface area (Å²) >= 11 is 0. The van der Waals surface area contributed by atoms with Gasteiger partial charge in [-0.2, -0.15) is 0 Å². The summed E-state index contributed by atoms with van der Waals surface area (Å²) in [6, 6.07) is 11.0. The molecule has 2 heteroatoms. The van der Waals surface area contributed by atoms with Gasteiger partial charge in [-0.05, 0) is 45.6 Å². The van der Waals surface area contributed by atoms with E-state index in [-0.39, 0.29) is 6.04 Å². The number of nitrogens with zero attached hydrogens (tertiary/aromatic N) is 2. The van der Waals surface area contributed by atoms with Gasteiger partial charge in [0.25, 0.3) is 0 Å². The van der Waals surface area contributed by atoms with Gasteiger partial charge in [0.2, 0.25) is 0 Å². The predicted molar refractivity (Wildman–Crippen MR) is 80.9 cm³/mol. The lowest BCUT2D eigenvalue weighted by Gasteiger charge is -2.31. The highest BCUT2D eigenvalue weighted by atomic mass is 15.2. The van der Waals surface area contributed by atoms with Crippen LogP contribution in [0, 0.1) is 11.8 Å². The number of hydrogen-bond acceptors (Lipinski definition) is 2. The van der Waals surface area contributed by atoms with E-state index in [1.54, 1.807) is 0 Å². The molecule has 0 saturated carbocycles. The Morgan fingerprint density at radius 1 is 1.11 bits per heavy atom. The van der Waals surface area contributed by atoms with Crippen LogP contribution in [0.2, 0.25) is 0 Å². The smallest absolute Gasteiger partial charge is 0.0971 e. The number of piperidine rings is 1. The van der Waals surface area contributed by atoms with Crippen LogP contribution in [0.3, 0.4) is 0 Å². The van der Waals surface area contributed by atoms with Crippen molar-refractivity contribution in [2.75, 3.05) is 33.7 Å². The van der Waals surface area contributed by atoms with Crippen LogP contribution in [0.25, 0.3) is 0 Å². The highest BCUT2D eigenvalue weighted by molar-refractivity contribution is 5.27. The van der Waals surface area contributed by atoms with Crippen molar-refractivity contribution >= 4 is 0 Å². The normalized spacial score (nSPS) is 17.8. The van der Waals surface area contributed by atoms with E-state index in [2.05, 4.69) is 66.1 Å². The fourth-order valence-electron chi connectivity index (χ4n) is 2.50. The lowest BCUT2D eigenvalue weighted by atomic mass is 10.0. The Morgan fingerprint density at radius 2 is 1.79 bits per heavy atom. The van der Waals surface area contributed by atoms with Gasteiger partial charge in [0.1, 0.15) is 0 Å². The lowest BCUT2D eigenvalue weighted by molar-refractivity contribution is 0.197. The molecule has 19 heavy (non-hydrogen) atoms. The van der Waals surface area contributed by atoms with Gasteiger partial charge in [0.05, 0.1) is 12.6 Å². The van der Waals surface area contributed by atoms with E-state index in [0.29, 0.717) is 0 Å². The molecule has 0 amide bonds. The molecule has 1 aromatic carbocycles. The van der Waals surface area contributed by atoms with Crippen molar-refractivity contribution in [3.8, 4) is 11.8 Å². The Labute approximate surface area is 117 Å². The second kappa shape index (κ2) is 7.33. The average molecular weight is 256 g/mol. The summed E-state index contributed by atoms with van der Waals surface area (Å²) in [5, 5.41) is 0. The molecule has 1 heterocycles. The fourth-order valence-corrected chi connectivity index (χ4v) is 2.50. The summed E-state index contributed by atoms with van der Waals surface area (Å²) in [5.74, 6) is 6.79. The Bertz CT molecular complexity index is 422. The minimum atomic E-state index is 0.265. The Kier molecular flexibility index (Phi) is 5.44. The minimum absolute atomic E-state index is 0.265. The Balaban J connectivity index is 2.14. The number of hydrogen-bond donors (Lipinski definition) is 0. The molecule has 0 aromatic heterocycles. The molecule has 1 unspecified atom stereocenters. The number of likely N-dealkylation sites (tertiary alicyclic amines) is 1. The molecule has 0 spiro atoms. The van der Waals surface area contributed by atoms with Gasteiger partial charge in [-0.25, -0.2) is 0 Å². The van der Waals surface area contributed by atoms with Gasteiger partial charge in [-0.1, -0.05) is 48.6 Å². The van der Waals surface area contributed by atoms with Crippen molar-refractivity contribution in [1.82, 2.24) is 9.80 Å². The Morgan fingerprint density at radius 3 is 2.42 bits per heavy atom. The van der Waals surface area contributed by atoms with E-state index in [9.17, 15) is 0 Å². The van der Waals surface area contributed by atoms with E-state index in [0.717, 1.165) is 6.54 Å². The summed E-state index contributed by atoms with van der Waals surface area (Å²) in [6.07, 6.45) is 3.97. The lowest BCUT2D eigenvalue weighted by Crippen LogP contribution is -2.33. The van der Waals surface area contributed by atoms with E-state index < -0.39 is 0 Å². The van der Waals surface area contributed by atoms with Crippen molar-refractivity contribution in [1.29, 1.82) is 0 Å². The molecule has 0 aliphatic carbocycles. The zero-order valence-corrected chi connectivity index (χ0v) is 12.1. The first-order chi connectivity index (χ1) is 9.27. The van der Waals surface area contributed by atoms with E-state index in [4.69, 9.17) is 0 Å². The number of benzene rings is 1. The first-order valence-corrected chi connectivity index (χ1v) is 7.19. The molecular weight excluding hydrogens is 232 g/mol. The average Bonchev–Trinajstić information content (AvgIpc) is 2.45. The molecule has 0 radical (unpaired) electrons. The van der Waals surface area contributed by atoms with Crippen molar-refractivity contribution in [3.63, 3.8) is 0 Å². The maximum absolute atomic E-state index is 3.47. The third-order valence-electron chi connectivity index (χ3n) is 3.51. The van der Waals surface area contributed by atoms with Gasteiger partial charge in [-0.15, -0.1) is 0 Å². The molecule has 1 aromatic rings. The van der Waals surface area contributed by atoms with Crippen LogP contribution < -0.4 is 0 Å². The third kappa shape index (κ3) is 4.38. The maximum Gasteiger partial charge on any atom is 0.0971 e. The number of rotatable bonds is 3. The second-order valence-corrected chi connectivity index (χ2v) is 5.47. The summed E-state index contributed by atoms with van der Waals surface area (Å²) in [7, 11) is 4.13. The predicted octanol–water partition coefficient (Wildman–Crippen LogP) is 2.78. The topological polar surface area (TPSA) is 6.48 Å². The zero-order valence-electron chi connectivity index (χ0n) is 12.1. The van der Waals surface area contributed by atoms with Crippen LogP contribution in [0.1, 0.15) is 30.9 Å². The minimum Gasteiger partial charge on any atom is -0.299 e. The van der Waals surface area contributed by atoms with Gasteiger partial charge < -0.3 is 0 Å². The summed E-state index contributed by atoms with van der Waals surface area (Å²) in [6.45, 7) is 3.18. The molecule has 2 rings (SSSR count). The monoisotopic (exact) mass is 256 g/mol. The highest BCUT2D eigenvalue weighted by Crippen LogP contribution is 2.23. The van der Waals surface area contributed by atoms with Gasteiger partial charge >= 0.3 is 0 Å². The standard InChI is InChI=1S/C17H24N2/c1-18(2)13-9-12-17(16-10-5-3-6-11-16)19-14-7-4-8-15-19/h3,5-6,10-11,17H,4,7-8,13-15H2,1-2H3. The van der Waals surface area contributed by atoms with Crippen LogP contribution in [0.15, 0.2) is 30.3 Å². The molecule has 1 atom stereocenters. The van der Waals surface area contributed by atoms with E-state index in [1.807, 2.05) is 0 Å². The summed E-state index contributed by atoms with van der Waals surface area (Å²) in [5.41, 5.74) is 1.33. The Hall–Kier alpha value is -1.30. The first-order valence-electron chi connectivity index (χ1n) is 7.19. The summed E-state index contributed by atoms with van der Waals surface area (Å²) in [4.78, 5) is 4.65. The molecule has 1 fully saturated rings. The van der Waals surface area contributed by atoms with Crippen LogP contribution in [-0.4, -0.2) is 43.5 Å². The molecule has 102 valence electrons. The maximum atomic E-state index is 3.47. The van der Waals surface area contributed by atoms with Crippen LogP contribution in [0.4, 0.5) is 0 Å². The summed E-state index contributed by atoms with van der Waals surface area (Å²) < 4.78 is 0. The first kappa shape index (κ1) is 14.1. The van der Waals surface area contributed by atoms with Crippen LogP contribution in [0.5, 0.6) is 0 Å². The molecule has 1 aliphatic rings. The zero-order chi connectivity index (χ0) is 13.5. The second-order valence-electron chi connectivity index (χ2n) is 5.47. The molecule has 1 saturated heterocycles. The fraction of sp³-hybridized carbons (Fsp3) is 0.529. The molecule has 0 N–H and O–H groups in total. The molecule has 2 nitrogen and oxygen atoms in total. The quantitative estimate of drug-likeness (QED) is 0.767. The van der Waals surface area contributed by atoms with Crippen LogP contribution in [-0.2, 0) is 0 Å². The highest BCUT2D eigenvalue weighted by Gasteiger charge is 2.19. The van der Waals surface area contributed by atoms with Crippen LogP contribution >= 0.6 is 0 Å².